The van der Waals surface area contributed by atoms with E-state index >= 15 is 0 Å². The largest absolute Gasteiger partial charge is 0.444 e. The fraction of sp³-hybridized carbons (Fsp3) is 0.778. The third kappa shape index (κ3) is 4.10. The number of rotatable bonds is 2. The van der Waals surface area contributed by atoms with E-state index in [-0.39, 0.29) is 11.4 Å². The van der Waals surface area contributed by atoms with Crippen LogP contribution in [0.25, 0.3) is 0 Å². The number of hydrogen-bond acceptors (Lipinski definition) is 8. The number of nitrogens with zero attached hydrogens (tertiary/aromatic N) is 6. The summed E-state index contributed by atoms with van der Waals surface area (Å²) < 4.78 is 11.1. The van der Waals surface area contributed by atoms with Crippen molar-refractivity contribution in [3.8, 4) is 0 Å². The molecule has 10 heteroatoms. The first-order chi connectivity index (χ1) is 13.3. The van der Waals surface area contributed by atoms with Crippen molar-refractivity contribution < 1.29 is 14.3 Å². The monoisotopic (exact) mass is 410 g/mol. The van der Waals surface area contributed by atoms with Crippen molar-refractivity contribution in [1.29, 1.82) is 0 Å². The first-order valence-electron chi connectivity index (χ1n) is 9.81. The highest BCUT2D eigenvalue weighted by atomic mass is 35.5. The van der Waals surface area contributed by atoms with Gasteiger partial charge in [0.25, 0.3) is 0 Å². The minimum atomic E-state index is -0.498. The van der Waals surface area contributed by atoms with Crippen LogP contribution in [0.15, 0.2) is 0 Å². The highest BCUT2D eigenvalue weighted by molar-refractivity contribution is 6.28. The zero-order valence-electron chi connectivity index (χ0n) is 16.6. The molecule has 4 heterocycles. The minimum Gasteiger partial charge on any atom is -0.444 e. The van der Waals surface area contributed by atoms with Crippen LogP contribution in [0.3, 0.4) is 0 Å². The lowest BCUT2D eigenvalue weighted by Crippen LogP contribution is -2.51. The Labute approximate surface area is 170 Å². The molecular formula is C18H27ClN6O3. The zero-order valence-corrected chi connectivity index (χ0v) is 17.4. The summed E-state index contributed by atoms with van der Waals surface area (Å²) in [5.74, 6) is 1.19. The van der Waals surface area contributed by atoms with E-state index in [9.17, 15) is 4.79 Å². The molecule has 2 unspecified atom stereocenters. The Hall–Kier alpha value is -1.87. The van der Waals surface area contributed by atoms with E-state index in [2.05, 4.69) is 14.9 Å². The van der Waals surface area contributed by atoms with E-state index < -0.39 is 5.60 Å². The zero-order chi connectivity index (χ0) is 19.9. The lowest BCUT2D eigenvalue weighted by atomic mass is 10.2. The van der Waals surface area contributed by atoms with Crippen molar-refractivity contribution in [1.82, 2.24) is 19.9 Å². The van der Waals surface area contributed by atoms with Gasteiger partial charge < -0.3 is 24.2 Å². The Morgan fingerprint density at radius 1 is 1.04 bits per heavy atom. The number of fused-ring (bicyclic) bond motifs is 2. The van der Waals surface area contributed by atoms with Crippen LogP contribution in [0.5, 0.6) is 0 Å². The number of ether oxygens (including phenoxy) is 2. The van der Waals surface area contributed by atoms with Gasteiger partial charge in [-0.25, -0.2) is 4.79 Å². The third-order valence-electron chi connectivity index (χ3n) is 5.27. The maximum Gasteiger partial charge on any atom is 0.410 e. The predicted molar refractivity (Wildman–Crippen MR) is 105 cm³/mol. The van der Waals surface area contributed by atoms with Crippen molar-refractivity contribution in [3.05, 3.63) is 5.28 Å². The van der Waals surface area contributed by atoms with Crippen LogP contribution in [0.4, 0.5) is 16.7 Å². The normalized spacial score (nSPS) is 25.2. The molecule has 9 nitrogen and oxygen atoms in total. The van der Waals surface area contributed by atoms with Crippen LogP contribution in [-0.2, 0) is 9.47 Å². The number of aromatic nitrogens is 3. The Bertz CT molecular complexity index is 719. The van der Waals surface area contributed by atoms with E-state index in [0.717, 1.165) is 12.8 Å². The van der Waals surface area contributed by atoms with E-state index in [1.807, 2.05) is 25.7 Å². The van der Waals surface area contributed by atoms with Gasteiger partial charge in [0.05, 0.1) is 25.3 Å². The molecule has 2 bridgehead atoms. The molecule has 1 aromatic heterocycles. The summed E-state index contributed by atoms with van der Waals surface area (Å²) in [6, 6.07) is 0.600. The fourth-order valence-corrected chi connectivity index (χ4v) is 4.11. The van der Waals surface area contributed by atoms with Crippen molar-refractivity contribution >= 4 is 29.6 Å². The summed E-state index contributed by atoms with van der Waals surface area (Å²) in [6.07, 6.45) is 1.88. The topological polar surface area (TPSA) is 83.9 Å². The van der Waals surface area contributed by atoms with Crippen LogP contribution in [0, 0.1) is 0 Å². The smallest absolute Gasteiger partial charge is 0.410 e. The Morgan fingerprint density at radius 2 is 1.64 bits per heavy atom. The standard InChI is InChI=1S/C18H27ClN6O3/c1-18(2,3)28-17(26)24-8-6-23(7-9-24)15-20-14(19)21-16(22-15)25-12-4-5-13(25)11-27-10-12/h12-13H,4-11H2,1-3H3. The summed E-state index contributed by atoms with van der Waals surface area (Å²) in [6.45, 7) is 9.35. The van der Waals surface area contributed by atoms with Gasteiger partial charge in [-0.2, -0.15) is 15.0 Å². The lowest BCUT2D eigenvalue weighted by molar-refractivity contribution is 0.0240. The van der Waals surface area contributed by atoms with Gasteiger partial charge in [-0.1, -0.05) is 0 Å². The SMILES string of the molecule is CC(C)(C)OC(=O)N1CCN(c2nc(Cl)nc(N3C4CCC3COC4)n2)CC1. The second kappa shape index (κ2) is 7.51. The second-order valence-corrected chi connectivity index (χ2v) is 8.83. The number of carbonyl (C=O) groups is 1. The summed E-state index contributed by atoms with van der Waals surface area (Å²) in [5, 5.41) is 0.195. The van der Waals surface area contributed by atoms with E-state index in [1.54, 1.807) is 4.90 Å². The highest BCUT2D eigenvalue weighted by Crippen LogP contribution is 2.33. The lowest BCUT2D eigenvalue weighted by Gasteiger charge is -2.37. The van der Waals surface area contributed by atoms with E-state index in [0.29, 0.717) is 63.4 Å². The van der Waals surface area contributed by atoms with Crippen LogP contribution in [0.2, 0.25) is 5.28 Å². The van der Waals surface area contributed by atoms with Crippen molar-refractivity contribution in [2.75, 3.05) is 49.2 Å². The van der Waals surface area contributed by atoms with Crippen LogP contribution in [-0.4, -0.2) is 83.0 Å². The molecule has 1 amide bonds. The molecule has 0 aliphatic carbocycles. The number of amides is 1. The van der Waals surface area contributed by atoms with Crippen LogP contribution < -0.4 is 9.80 Å². The molecule has 0 saturated carbocycles. The fourth-order valence-electron chi connectivity index (χ4n) is 3.96. The summed E-state index contributed by atoms with van der Waals surface area (Å²) in [7, 11) is 0. The number of morpholine rings is 1. The predicted octanol–water partition coefficient (Wildman–Crippen LogP) is 1.95. The van der Waals surface area contributed by atoms with Crippen molar-refractivity contribution in [2.24, 2.45) is 0 Å². The van der Waals surface area contributed by atoms with Gasteiger partial charge >= 0.3 is 6.09 Å². The second-order valence-electron chi connectivity index (χ2n) is 8.49. The van der Waals surface area contributed by atoms with Crippen LogP contribution >= 0.6 is 11.6 Å². The molecule has 28 heavy (non-hydrogen) atoms. The number of hydrogen-bond donors (Lipinski definition) is 0. The van der Waals surface area contributed by atoms with Gasteiger partial charge in [0.1, 0.15) is 5.60 Å². The molecule has 3 fully saturated rings. The third-order valence-corrected chi connectivity index (χ3v) is 5.44. The Balaban J connectivity index is 1.44. The van der Waals surface area contributed by atoms with Crippen molar-refractivity contribution in [2.45, 2.75) is 51.3 Å². The maximum absolute atomic E-state index is 12.3. The highest BCUT2D eigenvalue weighted by Gasteiger charge is 2.39. The Kier molecular flexibility index (Phi) is 5.22. The van der Waals surface area contributed by atoms with E-state index in [1.165, 1.54) is 0 Å². The molecule has 2 atom stereocenters. The van der Waals surface area contributed by atoms with E-state index in [4.69, 9.17) is 26.1 Å². The number of piperazine rings is 1. The molecule has 154 valence electrons. The quantitative estimate of drug-likeness (QED) is 0.731. The van der Waals surface area contributed by atoms with Crippen molar-refractivity contribution in [3.63, 3.8) is 0 Å². The number of halogens is 1. The summed E-state index contributed by atoms with van der Waals surface area (Å²) in [4.78, 5) is 31.7. The molecule has 3 aliphatic rings. The molecule has 1 aromatic rings. The average Bonchev–Trinajstić information content (AvgIpc) is 2.89. The summed E-state index contributed by atoms with van der Waals surface area (Å²) >= 11 is 6.22. The molecule has 0 spiro atoms. The van der Waals surface area contributed by atoms with Crippen LogP contribution in [0.1, 0.15) is 33.6 Å². The molecular weight excluding hydrogens is 384 g/mol. The minimum absolute atomic E-state index is 0.195. The first-order valence-corrected chi connectivity index (χ1v) is 10.2. The average molecular weight is 411 g/mol. The first kappa shape index (κ1) is 19.4. The molecule has 3 aliphatic heterocycles. The molecule has 4 rings (SSSR count). The van der Waals surface area contributed by atoms with Gasteiger partial charge in [0.15, 0.2) is 0 Å². The maximum atomic E-state index is 12.3. The summed E-state index contributed by atoms with van der Waals surface area (Å²) in [5.41, 5.74) is -0.498. The van der Waals surface area contributed by atoms with Gasteiger partial charge in [-0.05, 0) is 45.2 Å². The van der Waals surface area contributed by atoms with Gasteiger partial charge in [0.2, 0.25) is 17.2 Å². The van der Waals surface area contributed by atoms with Gasteiger partial charge in [-0.15, -0.1) is 0 Å². The Morgan fingerprint density at radius 3 is 2.25 bits per heavy atom. The molecule has 3 saturated heterocycles. The molecule has 0 aromatic carbocycles. The number of carbonyl (C=O) groups excluding carboxylic acids is 1. The van der Waals surface area contributed by atoms with Gasteiger partial charge in [0, 0.05) is 26.2 Å². The van der Waals surface area contributed by atoms with Gasteiger partial charge in [-0.3, -0.25) is 0 Å². The molecule has 0 N–H and O–H groups in total. The molecule has 0 radical (unpaired) electrons. The number of anilines is 2.